The predicted molar refractivity (Wildman–Crippen MR) is 126 cm³/mol. The van der Waals surface area contributed by atoms with Gasteiger partial charge in [-0.15, -0.1) is 0 Å². The van der Waals surface area contributed by atoms with E-state index in [0.717, 1.165) is 44.4 Å². The first-order valence-corrected chi connectivity index (χ1v) is 12.0. The van der Waals surface area contributed by atoms with E-state index < -0.39 is 23.5 Å². The summed E-state index contributed by atoms with van der Waals surface area (Å²) < 4.78 is 49.3. The summed E-state index contributed by atoms with van der Waals surface area (Å²) in [7, 11) is 3.52. The number of amides is 1. The minimum absolute atomic E-state index is 0.107. The van der Waals surface area contributed by atoms with E-state index in [9.17, 15) is 18.0 Å². The first kappa shape index (κ1) is 24.5. The first-order chi connectivity index (χ1) is 17.1. The molecule has 5 rings (SSSR count). The Morgan fingerprint density at radius 1 is 1.25 bits per heavy atom. The molecule has 0 radical (unpaired) electrons. The Morgan fingerprint density at radius 3 is 2.58 bits per heavy atom. The van der Waals surface area contributed by atoms with Crippen LogP contribution in [0, 0.1) is 12.8 Å². The van der Waals surface area contributed by atoms with E-state index in [2.05, 4.69) is 20.6 Å². The van der Waals surface area contributed by atoms with Crippen molar-refractivity contribution in [3.63, 3.8) is 0 Å². The number of rotatable bonds is 7. The molecule has 0 aromatic carbocycles. The SMILES string of the molecule is COC1([C@H]2C(=O)Nc3c(C)nc(NC4CC(COc5ccc(C(F)(F)F)nc5)C4)nc3N2C)CCC1. The summed E-state index contributed by atoms with van der Waals surface area (Å²) in [6.07, 6.45) is 0.934. The van der Waals surface area contributed by atoms with Crippen molar-refractivity contribution in [2.45, 2.75) is 62.9 Å². The zero-order chi connectivity index (χ0) is 25.7. The highest BCUT2D eigenvalue weighted by molar-refractivity contribution is 6.04. The van der Waals surface area contributed by atoms with E-state index >= 15 is 0 Å². The van der Waals surface area contributed by atoms with Crippen LogP contribution in [0.1, 0.15) is 43.5 Å². The van der Waals surface area contributed by atoms with Crippen LogP contribution in [-0.2, 0) is 15.7 Å². The second kappa shape index (κ2) is 9.06. The van der Waals surface area contributed by atoms with Crippen LogP contribution >= 0.6 is 0 Å². The number of nitrogens with one attached hydrogen (secondary N) is 2. The van der Waals surface area contributed by atoms with E-state index in [-0.39, 0.29) is 17.9 Å². The monoisotopic (exact) mass is 506 g/mol. The number of alkyl halides is 3. The highest BCUT2D eigenvalue weighted by Crippen LogP contribution is 2.45. The van der Waals surface area contributed by atoms with E-state index in [1.165, 1.54) is 6.07 Å². The molecule has 1 atom stereocenters. The lowest BCUT2D eigenvalue weighted by molar-refractivity contribution is -0.141. The molecular weight excluding hydrogens is 477 g/mol. The van der Waals surface area contributed by atoms with Crippen LogP contribution < -0.4 is 20.3 Å². The fourth-order valence-electron chi connectivity index (χ4n) is 5.24. The standard InChI is InChI=1S/C24H29F3N6O3/c1-13-18-20(33(2)19(21(34)31-18)23(35-3)7-4-8-23)32-22(29-13)30-15-9-14(10-15)12-36-16-5-6-17(28-11-16)24(25,26)27/h5-6,11,14-15,19H,4,7-10,12H2,1-3H3,(H,31,34)(H,29,30,32)/t14?,15?,19-/m1/s1. The third-order valence-corrected chi connectivity index (χ3v) is 7.47. The van der Waals surface area contributed by atoms with Gasteiger partial charge in [-0.3, -0.25) is 4.79 Å². The number of carbonyl (C=O) groups is 1. The Balaban J connectivity index is 1.18. The van der Waals surface area contributed by atoms with Crippen LogP contribution in [0.15, 0.2) is 18.3 Å². The van der Waals surface area contributed by atoms with Gasteiger partial charge in [0.25, 0.3) is 0 Å². The molecule has 2 N–H and O–H groups in total. The second-order valence-electron chi connectivity index (χ2n) is 9.82. The number of hydrogen-bond acceptors (Lipinski definition) is 8. The molecule has 1 amide bonds. The Morgan fingerprint density at radius 2 is 2.00 bits per heavy atom. The maximum absolute atomic E-state index is 12.9. The van der Waals surface area contributed by atoms with Crippen molar-refractivity contribution >= 4 is 23.4 Å². The molecule has 3 heterocycles. The third-order valence-electron chi connectivity index (χ3n) is 7.47. The minimum Gasteiger partial charge on any atom is -0.492 e. The molecule has 1 aliphatic heterocycles. The van der Waals surface area contributed by atoms with Crippen LogP contribution in [0.2, 0.25) is 0 Å². The molecule has 2 fully saturated rings. The van der Waals surface area contributed by atoms with E-state index in [4.69, 9.17) is 14.5 Å². The molecule has 12 heteroatoms. The van der Waals surface area contributed by atoms with E-state index in [0.29, 0.717) is 35.5 Å². The maximum atomic E-state index is 12.9. The van der Waals surface area contributed by atoms with Gasteiger partial charge in [0, 0.05) is 20.2 Å². The molecule has 2 aromatic heterocycles. The minimum atomic E-state index is -4.47. The molecule has 2 aromatic rings. The number of nitrogens with zero attached hydrogens (tertiary/aromatic N) is 4. The van der Waals surface area contributed by atoms with Crippen molar-refractivity contribution in [3.05, 3.63) is 29.7 Å². The molecular formula is C24H29F3N6O3. The van der Waals surface area contributed by atoms with Crippen molar-refractivity contribution in [3.8, 4) is 5.75 Å². The van der Waals surface area contributed by atoms with Gasteiger partial charge in [0.1, 0.15) is 23.2 Å². The van der Waals surface area contributed by atoms with Crippen LogP contribution in [0.25, 0.3) is 0 Å². The van der Waals surface area contributed by atoms with Gasteiger partial charge in [-0.2, -0.15) is 18.2 Å². The number of aromatic nitrogens is 3. The number of anilines is 3. The summed E-state index contributed by atoms with van der Waals surface area (Å²) in [5.74, 6) is 1.61. The number of methoxy groups -OCH3 is 1. The van der Waals surface area contributed by atoms with Gasteiger partial charge in [0.05, 0.1) is 24.1 Å². The van der Waals surface area contributed by atoms with Gasteiger partial charge in [-0.1, -0.05) is 0 Å². The summed E-state index contributed by atoms with van der Waals surface area (Å²) in [5.41, 5.74) is -0.160. The molecule has 3 aliphatic rings. The molecule has 0 unspecified atom stereocenters. The van der Waals surface area contributed by atoms with Gasteiger partial charge in [-0.25, -0.2) is 9.97 Å². The number of pyridine rings is 1. The number of fused-ring (bicyclic) bond motifs is 1. The first-order valence-electron chi connectivity index (χ1n) is 12.0. The molecule has 0 saturated heterocycles. The van der Waals surface area contributed by atoms with Gasteiger partial charge in [0.15, 0.2) is 5.82 Å². The lowest BCUT2D eigenvalue weighted by atomic mass is 9.73. The number of carbonyl (C=O) groups excluding carboxylic acids is 1. The van der Waals surface area contributed by atoms with Crippen molar-refractivity contribution in [1.29, 1.82) is 0 Å². The number of ether oxygens (including phenoxy) is 2. The fourth-order valence-corrected chi connectivity index (χ4v) is 5.24. The molecule has 0 spiro atoms. The molecule has 0 bridgehead atoms. The highest BCUT2D eigenvalue weighted by atomic mass is 19.4. The number of halogens is 3. The van der Waals surface area contributed by atoms with Crippen LogP contribution in [0.5, 0.6) is 5.75 Å². The maximum Gasteiger partial charge on any atom is 0.433 e. The molecule has 2 saturated carbocycles. The Labute approximate surface area is 206 Å². The van der Waals surface area contributed by atoms with Gasteiger partial charge < -0.3 is 25.0 Å². The second-order valence-corrected chi connectivity index (χ2v) is 9.82. The molecule has 2 aliphatic carbocycles. The zero-order valence-corrected chi connectivity index (χ0v) is 20.4. The zero-order valence-electron chi connectivity index (χ0n) is 20.4. The summed E-state index contributed by atoms with van der Waals surface area (Å²) in [4.78, 5) is 27.5. The Hall–Kier alpha value is -3.15. The van der Waals surface area contributed by atoms with Crippen molar-refractivity contribution in [2.75, 3.05) is 36.3 Å². The summed E-state index contributed by atoms with van der Waals surface area (Å²) >= 11 is 0. The summed E-state index contributed by atoms with van der Waals surface area (Å²) in [6.45, 7) is 2.23. The average molecular weight is 507 g/mol. The quantitative estimate of drug-likeness (QED) is 0.585. The molecule has 194 valence electrons. The van der Waals surface area contributed by atoms with Crippen LogP contribution in [-0.4, -0.2) is 59.3 Å². The Kier molecular flexibility index (Phi) is 6.17. The predicted octanol–water partition coefficient (Wildman–Crippen LogP) is 3.79. The smallest absolute Gasteiger partial charge is 0.433 e. The van der Waals surface area contributed by atoms with Gasteiger partial charge in [0.2, 0.25) is 11.9 Å². The lowest BCUT2D eigenvalue weighted by Gasteiger charge is -2.50. The van der Waals surface area contributed by atoms with Crippen molar-refractivity contribution < 1.29 is 27.4 Å². The molecule has 9 nitrogen and oxygen atoms in total. The van der Waals surface area contributed by atoms with Crippen LogP contribution in [0.3, 0.4) is 0 Å². The Bertz CT molecular complexity index is 1130. The lowest BCUT2D eigenvalue weighted by Crippen LogP contribution is -2.64. The fraction of sp³-hybridized carbons (Fsp3) is 0.583. The van der Waals surface area contributed by atoms with E-state index in [1.807, 2.05) is 18.9 Å². The van der Waals surface area contributed by atoms with Gasteiger partial charge >= 0.3 is 6.18 Å². The number of aryl methyl sites for hydroxylation is 1. The third kappa shape index (κ3) is 4.42. The summed E-state index contributed by atoms with van der Waals surface area (Å²) in [6, 6.07) is 1.89. The average Bonchev–Trinajstić information content (AvgIpc) is 2.77. The largest absolute Gasteiger partial charge is 0.492 e. The van der Waals surface area contributed by atoms with Gasteiger partial charge in [-0.05, 0) is 57.1 Å². The van der Waals surface area contributed by atoms with Crippen molar-refractivity contribution in [1.82, 2.24) is 15.0 Å². The van der Waals surface area contributed by atoms with Crippen LogP contribution in [0.4, 0.5) is 30.6 Å². The normalized spacial score (nSPS) is 24.8. The summed E-state index contributed by atoms with van der Waals surface area (Å²) in [5, 5.41) is 6.34. The number of hydrogen-bond donors (Lipinski definition) is 2. The highest BCUT2D eigenvalue weighted by Gasteiger charge is 2.52. The number of likely N-dealkylation sites (N-methyl/N-ethyl adjacent to an activating group) is 1. The van der Waals surface area contributed by atoms with Crippen molar-refractivity contribution in [2.24, 2.45) is 5.92 Å². The topological polar surface area (TPSA) is 102 Å². The molecule has 36 heavy (non-hydrogen) atoms. The van der Waals surface area contributed by atoms with E-state index in [1.54, 1.807) is 7.11 Å².